The zero-order valence-corrected chi connectivity index (χ0v) is 21.4. The molecule has 2 atom stereocenters. The number of hydrogen-bond donors (Lipinski definition) is 0. The van der Waals surface area contributed by atoms with Gasteiger partial charge in [-0.15, -0.1) is 11.3 Å². The van der Waals surface area contributed by atoms with Gasteiger partial charge in [0.1, 0.15) is 12.4 Å². The lowest BCUT2D eigenvalue weighted by atomic mass is 9.85. The second kappa shape index (κ2) is 11.4. The molecule has 7 nitrogen and oxygen atoms in total. The Morgan fingerprint density at radius 1 is 1.20 bits per heavy atom. The van der Waals surface area contributed by atoms with E-state index in [4.69, 9.17) is 14.2 Å². The number of thiophene rings is 1. The van der Waals surface area contributed by atoms with E-state index in [0.29, 0.717) is 46.5 Å². The molecule has 2 aromatic rings. The molecule has 0 aliphatic heterocycles. The topological polar surface area (TPSA) is 78.0 Å². The number of hydrogen-bond acceptors (Lipinski definition) is 7. The molecule has 2 fully saturated rings. The number of nitrogens with zero attached hydrogens (tertiary/aromatic N) is 2. The van der Waals surface area contributed by atoms with Crippen molar-refractivity contribution in [3.63, 3.8) is 0 Å². The van der Waals surface area contributed by atoms with Gasteiger partial charge in [0.2, 0.25) is 0 Å². The van der Waals surface area contributed by atoms with Crippen LogP contribution < -0.4 is 4.74 Å². The van der Waals surface area contributed by atoms with E-state index in [0.717, 1.165) is 43.4 Å². The van der Waals surface area contributed by atoms with Crippen LogP contribution in [0.5, 0.6) is 5.75 Å². The molecule has 2 aromatic heterocycles. The van der Waals surface area contributed by atoms with E-state index < -0.39 is 6.09 Å². The highest BCUT2D eigenvalue weighted by Crippen LogP contribution is 2.35. The predicted octanol–water partition coefficient (Wildman–Crippen LogP) is 5.74. The summed E-state index contributed by atoms with van der Waals surface area (Å²) in [6, 6.07) is 5.02. The zero-order valence-electron chi connectivity index (χ0n) is 20.5. The highest BCUT2D eigenvalue weighted by atomic mass is 32.1. The van der Waals surface area contributed by atoms with Crippen LogP contribution in [0, 0.1) is 23.9 Å². The molecule has 2 aliphatic rings. The van der Waals surface area contributed by atoms with E-state index in [9.17, 15) is 14.0 Å². The summed E-state index contributed by atoms with van der Waals surface area (Å²) in [4.78, 5) is 31.2. The average molecular weight is 505 g/mol. The normalized spacial score (nSPS) is 20.1. The first-order chi connectivity index (χ1) is 16.8. The third kappa shape index (κ3) is 6.31. The smallest absolute Gasteiger partial charge is 0.409 e. The van der Waals surface area contributed by atoms with Gasteiger partial charge in [-0.3, -0.25) is 4.79 Å². The van der Waals surface area contributed by atoms with E-state index in [1.165, 1.54) is 19.6 Å². The van der Waals surface area contributed by atoms with Gasteiger partial charge in [-0.1, -0.05) is 6.42 Å². The number of rotatable bonds is 8. The molecule has 0 N–H and O–H groups in total. The van der Waals surface area contributed by atoms with Crippen molar-refractivity contribution in [3.8, 4) is 16.3 Å². The number of methoxy groups -OCH3 is 1. The molecular formula is C26H33FN2O5S. The Morgan fingerprint density at radius 2 is 1.97 bits per heavy atom. The third-order valence-corrected chi connectivity index (χ3v) is 7.91. The fraction of sp³-hybridized carbons (Fsp3) is 0.577. The largest absolute Gasteiger partial charge is 0.489 e. The second-order valence-electron chi connectivity index (χ2n) is 9.54. The number of pyridine rings is 1. The Balaban J connectivity index is 1.40. The number of ether oxygens (including phenoxy) is 3. The molecule has 0 bridgehead atoms. The van der Waals surface area contributed by atoms with Crippen LogP contribution in [0.25, 0.3) is 10.6 Å². The Bertz CT molecular complexity index is 1050. The molecule has 190 valence electrons. The lowest BCUT2D eigenvalue weighted by Gasteiger charge is -2.29. The average Bonchev–Trinajstić information content (AvgIpc) is 3.21. The maximum atomic E-state index is 14.2. The minimum Gasteiger partial charge on any atom is -0.489 e. The number of aryl methyl sites for hydroxylation is 1. The summed E-state index contributed by atoms with van der Waals surface area (Å²) in [5.41, 5.74) is 1.88. The van der Waals surface area contributed by atoms with Crippen molar-refractivity contribution < 1.29 is 28.2 Å². The summed E-state index contributed by atoms with van der Waals surface area (Å²) >= 11 is 0.981. The van der Waals surface area contributed by atoms with Gasteiger partial charge >= 0.3 is 12.1 Å². The number of halogens is 1. The summed E-state index contributed by atoms with van der Waals surface area (Å²) < 4.78 is 30.7. The van der Waals surface area contributed by atoms with Gasteiger partial charge in [0, 0.05) is 19.2 Å². The van der Waals surface area contributed by atoms with Crippen LogP contribution in [0.2, 0.25) is 0 Å². The molecule has 4 rings (SSSR count). The first kappa shape index (κ1) is 25.4. The highest BCUT2D eigenvalue weighted by Gasteiger charge is 2.29. The van der Waals surface area contributed by atoms with Crippen LogP contribution in [-0.2, 0) is 20.9 Å². The standard InChI is InChI=1S/C26H33FN2O5S/c1-16-22(34-20-9-5-8-18(12-20)25(30)32-3)11-10-21(28-16)24-19(13-23(27)35-24)15-33-26(31)29(2)14-17-6-4-7-17/h10-11,13,17-18,20H,4-9,12,14-15H2,1-3H3/t18-,20-/m0/s1. The minimum atomic E-state index is -0.403. The molecular weight excluding hydrogens is 471 g/mol. The Hall–Kier alpha value is -2.68. The fourth-order valence-corrected chi connectivity index (χ4v) is 5.58. The van der Waals surface area contributed by atoms with Gasteiger partial charge < -0.3 is 19.1 Å². The third-order valence-electron chi connectivity index (χ3n) is 6.92. The Labute approximate surface area is 209 Å². The van der Waals surface area contributed by atoms with E-state index in [-0.39, 0.29) is 29.7 Å². The van der Waals surface area contributed by atoms with Crippen molar-refractivity contribution in [2.24, 2.45) is 11.8 Å². The van der Waals surface area contributed by atoms with Crippen LogP contribution >= 0.6 is 11.3 Å². The summed E-state index contributed by atoms with van der Waals surface area (Å²) in [7, 11) is 3.15. The van der Waals surface area contributed by atoms with Crippen LogP contribution in [0.3, 0.4) is 0 Å². The Kier molecular flexibility index (Phi) is 8.26. The summed E-state index contributed by atoms with van der Waals surface area (Å²) in [5.74, 6) is 0.866. The lowest BCUT2D eigenvalue weighted by Crippen LogP contribution is -2.34. The van der Waals surface area contributed by atoms with Crippen LogP contribution in [0.15, 0.2) is 18.2 Å². The zero-order chi connectivity index (χ0) is 24.9. The monoisotopic (exact) mass is 504 g/mol. The first-order valence-corrected chi connectivity index (χ1v) is 13.0. The van der Waals surface area contributed by atoms with Crippen molar-refractivity contribution in [1.82, 2.24) is 9.88 Å². The van der Waals surface area contributed by atoms with Crippen molar-refractivity contribution in [2.75, 3.05) is 20.7 Å². The van der Waals surface area contributed by atoms with E-state index in [1.807, 2.05) is 13.0 Å². The maximum absolute atomic E-state index is 14.2. The summed E-state index contributed by atoms with van der Waals surface area (Å²) in [6.07, 6.45) is 6.24. The molecule has 0 radical (unpaired) electrons. The molecule has 0 spiro atoms. The molecule has 0 unspecified atom stereocenters. The van der Waals surface area contributed by atoms with Gasteiger partial charge in [0.05, 0.1) is 35.4 Å². The molecule has 2 aliphatic carbocycles. The van der Waals surface area contributed by atoms with Gasteiger partial charge in [0.25, 0.3) is 0 Å². The van der Waals surface area contributed by atoms with Crippen molar-refractivity contribution in [2.45, 2.75) is 64.6 Å². The van der Waals surface area contributed by atoms with E-state index in [1.54, 1.807) is 18.0 Å². The summed E-state index contributed by atoms with van der Waals surface area (Å²) in [6.45, 7) is 2.52. The Morgan fingerprint density at radius 3 is 2.66 bits per heavy atom. The number of amides is 1. The van der Waals surface area contributed by atoms with E-state index >= 15 is 0 Å². The minimum absolute atomic E-state index is 0.0143. The van der Waals surface area contributed by atoms with Crippen molar-refractivity contribution >= 4 is 23.4 Å². The lowest BCUT2D eigenvalue weighted by molar-refractivity contribution is -0.147. The van der Waals surface area contributed by atoms with Gasteiger partial charge in [0.15, 0.2) is 5.13 Å². The number of esters is 1. The predicted molar refractivity (Wildman–Crippen MR) is 131 cm³/mol. The van der Waals surface area contributed by atoms with Gasteiger partial charge in [-0.05, 0) is 69.6 Å². The molecule has 9 heteroatoms. The first-order valence-electron chi connectivity index (χ1n) is 12.2. The molecule has 2 heterocycles. The number of carbonyl (C=O) groups is 2. The van der Waals surface area contributed by atoms with E-state index in [2.05, 4.69) is 4.98 Å². The second-order valence-corrected chi connectivity index (χ2v) is 10.5. The van der Waals surface area contributed by atoms with Crippen molar-refractivity contribution in [3.05, 3.63) is 34.6 Å². The number of aromatic nitrogens is 1. The maximum Gasteiger partial charge on any atom is 0.409 e. The fourth-order valence-electron chi connectivity index (χ4n) is 4.72. The van der Waals surface area contributed by atoms with Gasteiger partial charge in [-0.25, -0.2) is 9.78 Å². The summed E-state index contributed by atoms with van der Waals surface area (Å²) in [5, 5.41) is -0.357. The molecule has 0 aromatic carbocycles. The van der Waals surface area contributed by atoms with Crippen LogP contribution in [-0.4, -0.2) is 48.8 Å². The van der Waals surface area contributed by atoms with Gasteiger partial charge in [-0.2, -0.15) is 4.39 Å². The highest BCUT2D eigenvalue weighted by molar-refractivity contribution is 7.14. The molecule has 0 saturated heterocycles. The van der Waals surface area contributed by atoms with Crippen LogP contribution in [0.4, 0.5) is 9.18 Å². The van der Waals surface area contributed by atoms with Crippen LogP contribution in [0.1, 0.15) is 56.2 Å². The number of carbonyl (C=O) groups excluding carboxylic acids is 2. The molecule has 35 heavy (non-hydrogen) atoms. The molecule has 1 amide bonds. The molecule has 2 saturated carbocycles. The quantitative estimate of drug-likeness (QED) is 0.427. The SMILES string of the molecule is COC(=O)[C@H]1CCC[C@H](Oc2ccc(-c3sc(F)cc3COC(=O)N(C)CC3CCC3)nc2C)C1. The van der Waals surface area contributed by atoms with Crippen molar-refractivity contribution in [1.29, 1.82) is 0 Å².